The lowest BCUT2D eigenvalue weighted by Gasteiger charge is -2.30. The smallest absolute Gasteiger partial charge is 0.246 e. The number of piperidine rings is 1. The first-order valence-electron chi connectivity index (χ1n) is 7.61. The highest BCUT2D eigenvalue weighted by Crippen LogP contribution is 2.26. The summed E-state index contributed by atoms with van der Waals surface area (Å²) < 4.78 is 0. The van der Waals surface area contributed by atoms with Crippen LogP contribution in [0.5, 0.6) is 0 Å². The van der Waals surface area contributed by atoms with E-state index in [-0.39, 0.29) is 5.91 Å². The minimum absolute atomic E-state index is 0.0847. The molecule has 4 heteroatoms. The van der Waals surface area contributed by atoms with Crippen LogP contribution in [-0.4, -0.2) is 33.9 Å². The average molecular weight is 293 g/mol. The van der Waals surface area contributed by atoms with Crippen molar-refractivity contribution in [2.75, 3.05) is 13.1 Å². The van der Waals surface area contributed by atoms with Crippen LogP contribution in [0.3, 0.4) is 0 Å². The van der Waals surface area contributed by atoms with Crippen molar-refractivity contribution in [2.24, 2.45) is 0 Å². The minimum atomic E-state index is 0.0847. The van der Waals surface area contributed by atoms with Crippen LogP contribution in [0.1, 0.15) is 30.0 Å². The maximum atomic E-state index is 12.2. The Morgan fingerprint density at radius 3 is 2.59 bits per heavy atom. The lowest BCUT2D eigenvalue weighted by Crippen LogP contribution is -2.37. The van der Waals surface area contributed by atoms with Gasteiger partial charge in [-0.3, -0.25) is 14.8 Å². The van der Waals surface area contributed by atoms with Gasteiger partial charge in [-0.05, 0) is 24.5 Å². The summed E-state index contributed by atoms with van der Waals surface area (Å²) in [6, 6.07) is 9.89. The molecule has 0 bridgehead atoms. The van der Waals surface area contributed by atoms with Gasteiger partial charge in [0.2, 0.25) is 5.91 Å². The van der Waals surface area contributed by atoms with E-state index in [2.05, 4.69) is 9.97 Å². The van der Waals surface area contributed by atoms with Crippen molar-refractivity contribution < 1.29 is 4.79 Å². The lowest BCUT2D eigenvalue weighted by atomic mass is 9.94. The zero-order valence-corrected chi connectivity index (χ0v) is 12.4. The third kappa shape index (κ3) is 3.58. The fraction of sp³-hybridized carbons (Fsp3) is 0.278. The van der Waals surface area contributed by atoms with E-state index in [4.69, 9.17) is 0 Å². The standard InChI is InChI=1S/C18H19N3O/c22-18(7-6-15-4-2-1-3-5-15)21-12-8-16(9-13-21)17-14-19-10-11-20-17/h1-7,10-11,14,16H,8-9,12-13H2/b7-6+. The van der Waals surface area contributed by atoms with Gasteiger partial charge in [0.05, 0.1) is 5.69 Å². The van der Waals surface area contributed by atoms with Crippen LogP contribution < -0.4 is 0 Å². The van der Waals surface area contributed by atoms with Crippen LogP contribution in [0, 0.1) is 0 Å². The molecule has 1 aromatic carbocycles. The number of amides is 1. The Bertz CT molecular complexity index is 632. The maximum absolute atomic E-state index is 12.2. The van der Waals surface area contributed by atoms with Crippen LogP contribution in [0.4, 0.5) is 0 Å². The molecule has 2 aromatic rings. The Labute approximate surface area is 130 Å². The Hall–Kier alpha value is -2.49. The molecule has 0 unspecified atom stereocenters. The molecule has 1 aromatic heterocycles. The first-order chi connectivity index (χ1) is 10.8. The average Bonchev–Trinajstić information content (AvgIpc) is 2.61. The molecule has 3 rings (SSSR count). The van der Waals surface area contributed by atoms with E-state index in [0.717, 1.165) is 37.2 Å². The summed E-state index contributed by atoms with van der Waals surface area (Å²) >= 11 is 0. The quantitative estimate of drug-likeness (QED) is 0.817. The van der Waals surface area contributed by atoms with Crippen LogP contribution in [0.15, 0.2) is 55.0 Å². The third-order valence-electron chi connectivity index (χ3n) is 4.03. The molecular formula is C18H19N3O. The van der Waals surface area contributed by atoms with Gasteiger partial charge in [-0.25, -0.2) is 0 Å². The number of carbonyl (C=O) groups is 1. The maximum Gasteiger partial charge on any atom is 0.246 e. The minimum Gasteiger partial charge on any atom is -0.339 e. The molecule has 112 valence electrons. The molecule has 2 heterocycles. The number of hydrogen-bond acceptors (Lipinski definition) is 3. The monoisotopic (exact) mass is 293 g/mol. The summed E-state index contributed by atoms with van der Waals surface area (Å²) in [6.07, 6.45) is 10.7. The van der Waals surface area contributed by atoms with Crippen LogP contribution in [0.25, 0.3) is 6.08 Å². The number of rotatable bonds is 3. The fourth-order valence-corrected chi connectivity index (χ4v) is 2.75. The van der Waals surface area contributed by atoms with E-state index in [0.29, 0.717) is 5.92 Å². The van der Waals surface area contributed by atoms with Gasteiger partial charge in [-0.15, -0.1) is 0 Å². The Balaban J connectivity index is 1.55. The van der Waals surface area contributed by atoms with Crippen LogP contribution >= 0.6 is 0 Å². The normalized spacial score (nSPS) is 16.1. The summed E-state index contributed by atoms with van der Waals surface area (Å²) in [4.78, 5) is 22.6. The van der Waals surface area contributed by atoms with Crippen molar-refractivity contribution in [1.82, 2.24) is 14.9 Å². The van der Waals surface area contributed by atoms with E-state index in [1.165, 1.54) is 0 Å². The number of likely N-dealkylation sites (tertiary alicyclic amines) is 1. The second kappa shape index (κ2) is 6.98. The molecule has 0 radical (unpaired) electrons. The van der Waals surface area contributed by atoms with Crippen LogP contribution in [-0.2, 0) is 4.79 Å². The van der Waals surface area contributed by atoms with Crippen LogP contribution in [0.2, 0.25) is 0 Å². The zero-order chi connectivity index (χ0) is 15.2. The van der Waals surface area contributed by atoms with Gasteiger partial charge in [0.1, 0.15) is 0 Å². The molecule has 1 saturated heterocycles. The van der Waals surface area contributed by atoms with Gasteiger partial charge in [0.15, 0.2) is 0 Å². The molecule has 0 spiro atoms. The summed E-state index contributed by atoms with van der Waals surface area (Å²) in [5.41, 5.74) is 2.08. The van der Waals surface area contributed by atoms with Crippen molar-refractivity contribution in [3.8, 4) is 0 Å². The first-order valence-corrected chi connectivity index (χ1v) is 7.61. The summed E-state index contributed by atoms with van der Waals surface area (Å²) in [7, 11) is 0. The number of carbonyl (C=O) groups excluding carboxylic acids is 1. The van der Waals surface area contributed by atoms with Crippen molar-refractivity contribution in [3.05, 3.63) is 66.3 Å². The van der Waals surface area contributed by atoms with Gasteiger partial charge >= 0.3 is 0 Å². The summed E-state index contributed by atoms with van der Waals surface area (Å²) in [6.45, 7) is 1.55. The molecule has 0 atom stereocenters. The van der Waals surface area contributed by atoms with Crippen molar-refractivity contribution >= 4 is 12.0 Å². The van der Waals surface area contributed by atoms with Gasteiger partial charge in [-0.1, -0.05) is 30.3 Å². The van der Waals surface area contributed by atoms with E-state index in [9.17, 15) is 4.79 Å². The highest BCUT2D eigenvalue weighted by atomic mass is 16.2. The van der Waals surface area contributed by atoms with Gasteiger partial charge in [-0.2, -0.15) is 0 Å². The fourth-order valence-electron chi connectivity index (χ4n) is 2.75. The van der Waals surface area contributed by atoms with Gasteiger partial charge < -0.3 is 4.90 Å². The predicted octanol–water partition coefficient (Wildman–Crippen LogP) is 2.90. The SMILES string of the molecule is O=C(/C=C/c1ccccc1)N1CCC(c2cnccn2)CC1. The van der Waals surface area contributed by atoms with Crippen molar-refractivity contribution in [3.63, 3.8) is 0 Å². The Morgan fingerprint density at radius 1 is 1.14 bits per heavy atom. The van der Waals surface area contributed by atoms with Crippen molar-refractivity contribution in [1.29, 1.82) is 0 Å². The molecule has 0 N–H and O–H groups in total. The second-order valence-corrected chi connectivity index (χ2v) is 5.47. The Morgan fingerprint density at radius 2 is 1.91 bits per heavy atom. The van der Waals surface area contributed by atoms with E-state index in [1.807, 2.05) is 47.5 Å². The number of nitrogens with zero attached hydrogens (tertiary/aromatic N) is 3. The number of benzene rings is 1. The molecule has 1 aliphatic heterocycles. The largest absolute Gasteiger partial charge is 0.339 e. The van der Waals surface area contributed by atoms with Gasteiger partial charge in [0, 0.05) is 43.7 Å². The molecule has 22 heavy (non-hydrogen) atoms. The van der Waals surface area contributed by atoms with Gasteiger partial charge in [0.25, 0.3) is 0 Å². The summed E-state index contributed by atoms with van der Waals surface area (Å²) in [5.74, 6) is 0.498. The lowest BCUT2D eigenvalue weighted by molar-refractivity contribution is -0.126. The number of hydrogen-bond donors (Lipinski definition) is 0. The molecule has 1 aliphatic rings. The highest BCUT2D eigenvalue weighted by molar-refractivity contribution is 5.91. The molecule has 1 amide bonds. The second-order valence-electron chi connectivity index (χ2n) is 5.47. The molecule has 0 aliphatic carbocycles. The van der Waals surface area contributed by atoms with E-state index >= 15 is 0 Å². The Kier molecular flexibility index (Phi) is 4.59. The number of aromatic nitrogens is 2. The molecule has 1 fully saturated rings. The van der Waals surface area contributed by atoms with Crippen molar-refractivity contribution in [2.45, 2.75) is 18.8 Å². The molecule has 0 saturated carbocycles. The first kappa shape index (κ1) is 14.4. The molecule has 4 nitrogen and oxygen atoms in total. The van der Waals surface area contributed by atoms with E-state index in [1.54, 1.807) is 18.5 Å². The van der Waals surface area contributed by atoms with E-state index < -0.39 is 0 Å². The molecular weight excluding hydrogens is 274 g/mol. The predicted molar refractivity (Wildman–Crippen MR) is 86.1 cm³/mol. The topological polar surface area (TPSA) is 46.1 Å². The summed E-state index contributed by atoms with van der Waals surface area (Å²) in [5, 5.41) is 0. The highest BCUT2D eigenvalue weighted by Gasteiger charge is 2.23. The third-order valence-corrected chi connectivity index (χ3v) is 4.03. The zero-order valence-electron chi connectivity index (χ0n) is 12.4.